The molecular formula is C12H19NO6. The van der Waals surface area contributed by atoms with Crippen molar-refractivity contribution in [3.05, 3.63) is 0 Å². The van der Waals surface area contributed by atoms with Crippen molar-refractivity contribution in [2.75, 3.05) is 20.8 Å². The molecule has 1 saturated heterocycles. The molecule has 0 radical (unpaired) electrons. The maximum absolute atomic E-state index is 11.9. The molecule has 0 aromatic carbocycles. The number of rotatable bonds is 5. The Balaban J connectivity index is 2.88. The van der Waals surface area contributed by atoms with Gasteiger partial charge in [-0.2, -0.15) is 0 Å². The summed E-state index contributed by atoms with van der Waals surface area (Å²) in [4.78, 5) is 35.9. The lowest BCUT2D eigenvalue weighted by molar-refractivity contribution is -0.178. The molecule has 108 valence electrons. The molecule has 0 spiro atoms. The summed E-state index contributed by atoms with van der Waals surface area (Å²) in [6.45, 7) is 2.85. The van der Waals surface area contributed by atoms with Crippen molar-refractivity contribution in [1.29, 1.82) is 0 Å². The zero-order valence-electron chi connectivity index (χ0n) is 11.5. The smallest absolute Gasteiger partial charge is 0.325 e. The standard InChI is InChI=1S/C12H19NO6/c1-6(12(17)19-4)10-9(7(2)14)11(16)13(10)5-8(15)18-3/h6-7,9-10,14H,5H2,1-4H3/t6-,7+,9-,10-/m1/s1. The molecule has 1 fully saturated rings. The number of esters is 2. The van der Waals surface area contributed by atoms with Gasteiger partial charge in [-0.15, -0.1) is 0 Å². The second-order valence-electron chi connectivity index (χ2n) is 4.61. The maximum atomic E-state index is 11.9. The summed E-state index contributed by atoms with van der Waals surface area (Å²) in [5.74, 6) is -2.73. The van der Waals surface area contributed by atoms with Gasteiger partial charge in [0.25, 0.3) is 0 Å². The minimum Gasteiger partial charge on any atom is -0.469 e. The highest BCUT2D eigenvalue weighted by atomic mass is 16.5. The predicted molar refractivity (Wildman–Crippen MR) is 63.9 cm³/mol. The zero-order valence-corrected chi connectivity index (χ0v) is 11.5. The summed E-state index contributed by atoms with van der Waals surface area (Å²) < 4.78 is 9.14. The Bertz CT molecular complexity index is 380. The first-order chi connectivity index (χ1) is 8.84. The average molecular weight is 273 g/mol. The van der Waals surface area contributed by atoms with E-state index in [-0.39, 0.29) is 12.5 Å². The third-order valence-electron chi connectivity index (χ3n) is 3.43. The van der Waals surface area contributed by atoms with Gasteiger partial charge in [-0.05, 0) is 13.8 Å². The molecule has 0 unspecified atom stereocenters. The molecule has 4 atom stereocenters. The molecule has 19 heavy (non-hydrogen) atoms. The number of β-lactam (4-membered cyclic amide) rings is 1. The Morgan fingerprint density at radius 3 is 2.32 bits per heavy atom. The highest BCUT2D eigenvalue weighted by molar-refractivity contribution is 5.92. The lowest BCUT2D eigenvalue weighted by Crippen LogP contribution is -2.68. The molecule has 1 N–H and O–H groups in total. The van der Waals surface area contributed by atoms with Gasteiger partial charge in [0, 0.05) is 0 Å². The number of aliphatic hydroxyl groups excluding tert-OH is 1. The van der Waals surface area contributed by atoms with Crippen molar-refractivity contribution >= 4 is 17.8 Å². The van der Waals surface area contributed by atoms with Crippen LogP contribution in [0.4, 0.5) is 0 Å². The Labute approximate surface area is 111 Å². The van der Waals surface area contributed by atoms with Crippen LogP contribution in [0, 0.1) is 11.8 Å². The summed E-state index contributed by atoms with van der Waals surface area (Å²) >= 11 is 0. The summed E-state index contributed by atoms with van der Waals surface area (Å²) in [7, 11) is 2.47. The first kappa shape index (κ1) is 15.4. The summed E-state index contributed by atoms with van der Waals surface area (Å²) in [6, 6.07) is -0.556. The molecule has 1 rings (SSSR count). The molecule has 1 aliphatic rings. The van der Waals surface area contributed by atoms with E-state index >= 15 is 0 Å². The van der Waals surface area contributed by atoms with Crippen LogP contribution in [-0.4, -0.2) is 60.8 Å². The first-order valence-corrected chi connectivity index (χ1v) is 5.98. The van der Waals surface area contributed by atoms with Crippen LogP contribution in [0.25, 0.3) is 0 Å². The highest BCUT2D eigenvalue weighted by Crippen LogP contribution is 2.35. The van der Waals surface area contributed by atoms with Crippen molar-refractivity contribution in [2.24, 2.45) is 11.8 Å². The summed E-state index contributed by atoms with van der Waals surface area (Å²) in [5.41, 5.74) is 0. The normalized spacial score (nSPS) is 25.3. The van der Waals surface area contributed by atoms with E-state index in [0.29, 0.717) is 0 Å². The number of carbonyl (C=O) groups excluding carboxylic acids is 3. The molecule has 1 aliphatic heterocycles. The van der Waals surface area contributed by atoms with Crippen LogP contribution in [0.5, 0.6) is 0 Å². The van der Waals surface area contributed by atoms with E-state index in [1.807, 2.05) is 0 Å². The van der Waals surface area contributed by atoms with Gasteiger partial charge in [0.2, 0.25) is 5.91 Å². The molecule has 1 heterocycles. The second kappa shape index (κ2) is 6.01. The topological polar surface area (TPSA) is 93.1 Å². The van der Waals surface area contributed by atoms with E-state index in [2.05, 4.69) is 9.47 Å². The lowest BCUT2D eigenvalue weighted by atomic mass is 9.76. The van der Waals surface area contributed by atoms with Gasteiger partial charge in [0.1, 0.15) is 6.54 Å². The SMILES string of the molecule is COC(=O)CN1C(=O)[C@H]([C@H](C)O)[C@H]1[C@@H](C)C(=O)OC. The van der Waals surface area contributed by atoms with E-state index in [0.717, 1.165) is 0 Å². The third kappa shape index (κ3) is 2.86. The van der Waals surface area contributed by atoms with Gasteiger partial charge in [-0.3, -0.25) is 14.4 Å². The van der Waals surface area contributed by atoms with Crippen molar-refractivity contribution in [3.8, 4) is 0 Å². The molecule has 0 aromatic heterocycles. The van der Waals surface area contributed by atoms with E-state index in [4.69, 9.17) is 0 Å². The number of carbonyl (C=O) groups is 3. The Morgan fingerprint density at radius 2 is 1.89 bits per heavy atom. The van der Waals surface area contributed by atoms with Gasteiger partial charge in [0.05, 0.1) is 38.2 Å². The van der Waals surface area contributed by atoms with Crippen LogP contribution in [0.2, 0.25) is 0 Å². The average Bonchev–Trinajstić information content (AvgIpc) is 2.38. The van der Waals surface area contributed by atoms with Crippen LogP contribution in [0.1, 0.15) is 13.8 Å². The fourth-order valence-electron chi connectivity index (χ4n) is 2.38. The Hall–Kier alpha value is -1.63. The number of hydrogen-bond acceptors (Lipinski definition) is 6. The fraction of sp³-hybridized carbons (Fsp3) is 0.750. The highest BCUT2D eigenvalue weighted by Gasteiger charge is 2.54. The Morgan fingerprint density at radius 1 is 1.32 bits per heavy atom. The zero-order chi connectivity index (χ0) is 14.7. The number of hydrogen-bond donors (Lipinski definition) is 1. The molecule has 0 saturated carbocycles. The largest absolute Gasteiger partial charge is 0.469 e. The van der Waals surface area contributed by atoms with Crippen LogP contribution in [0.3, 0.4) is 0 Å². The number of amides is 1. The van der Waals surface area contributed by atoms with Crippen molar-refractivity contribution in [3.63, 3.8) is 0 Å². The van der Waals surface area contributed by atoms with Gasteiger partial charge >= 0.3 is 11.9 Å². The summed E-state index contributed by atoms with van der Waals surface area (Å²) in [6.07, 6.45) is -0.890. The number of likely N-dealkylation sites (tertiary alicyclic amines) is 1. The molecular weight excluding hydrogens is 254 g/mol. The quantitative estimate of drug-likeness (QED) is 0.519. The monoisotopic (exact) mass is 273 g/mol. The predicted octanol–water partition coefficient (Wildman–Crippen LogP) is -0.824. The first-order valence-electron chi connectivity index (χ1n) is 5.98. The number of ether oxygens (including phenoxy) is 2. The van der Waals surface area contributed by atoms with Crippen LogP contribution >= 0.6 is 0 Å². The molecule has 7 nitrogen and oxygen atoms in total. The van der Waals surface area contributed by atoms with Gasteiger partial charge in [-0.1, -0.05) is 0 Å². The van der Waals surface area contributed by atoms with E-state index < -0.39 is 35.9 Å². The minimum atomic E-state index is -0.890. The number of methoxy groups -OCH3 is 2. The summed E-state index contributed by atoms with van der Waals surface area (Å²) in [5, 5.41) is 9.61. The lowest BCUT2D eigenvalue weighted by Gasteiger charge is -2.49. The van der Waals surface area contributed by atoms with Crippen molar-refractivity contribution in [2.45, 2.75) is 26.0 Å². The minimum absolute atomic E-state index is 0.232. The Kier molecular flexibility index (Phi) is 4.88. The molecule has 1 amide bonds. The molecule has 7 heteroatoms. The molecule has 0 aliphatic carbocycles. The van der Waals surface area contributed by atoms with Gasteiger partial charge in [-0.25, -0.2) is 0 Å². The second-order valence-corrected chi connectivity index (χ2v) is 4.61. The van der Waals surface area contributed by atoms with Crippen molar-refractivity contribution < 1.29 is 29.0 Å². The van der Waals surface area contributed by atoms with E-state index in [1.165, 1.54) is 26.0 Å². The van der Waals surface area contributed by atoms with Crippen LogP contribution in [-0.2, 0) is 23.9 Å². The van der Waals surface area contributed by atoms with Gasteiger partial charge in [0.15, 0.2) is 0 Å². The fourth-order valence-corrected chi connectivity index (χ4v) is 2.38. The third-order valence-corrected chi connectivity index (χ3v) is 3.43. The number of nitrogens with zero attached hydrogens (tertiary/aromatic N) is 1. The van der Waals surface area contributed by atoms with E-state index in [1.54, 1.807) is 6.92 Å². The van der Waals surface area contributed by atoms with E-state index in [9.17, 15) is 19.5 Å². The van der Waals surface area contributed by atoms with Crippen LogP contribution in [0.15, 0.2) is 0 Å². The maximum Gasteiger partial charge on any atom is 0.325 e. The van der Waals surface area contributed by atoms with Crippen molar-refractivity contribution in [1.82, 2.24) is 4.90 Å². The van der Waals surface area contributed by atoms with Crippen LogP contribution < -0.4 is 0 Å². The molecule has 0 bridgehead atoms. The molecule has 0 aromatic rings. The number of aliphatic hydroxyl groups is 1. The van der Waals surface area contributed by atoms with Gasteiger partial charge < -0.3 is 19.5 Å².